The van der Waals surface area contributed by atoms with Crippen molar-refractivity contribution in [2.75, 3.05) is 0 Å². The van der Waals surface area contributed by atoms with Crippen LogP contribution in [0.15, 0.2) is 12.7 Å². The van der Waals surface area contributed by atoms with Gasteiger partial charge in [-0.15, -0.1) is 0 Å². The highest BCUT2D eigenvalue weighted by Crippen LogP contribution is 1.69. The van der Waals surface area contributed by atoms with Gasteiger partial charge < -0.3 is 42.5 Å². The van der Waals surface area contributed by atoms with Gasteiger partial charge in [-0.3, -0.25) is 0 Å². The van der Waals surface area contributed by atoms with Crippen molar-refractivity contribution >= 4 is 16.4 Å². The molecule has 0 heterocycles. The Balaban J connectivity index is -0.0000000321. The van der Waals surface area contributed by atoms with Crippen molar-refractivity contribution < 1.29 is 32.5 Å². The Hall–Kier alpha value is -1.08. The summed E-state index contributed by atoms with van der Waals surface area (Å²) >= 11 is 0. The molecule has 0 aliphatic rings. The van der Waals surface area contributed by atoms with Crippen LogP contribution < -0.4 is 28.8 Å². The van der Waals surface area contributed by atoms with Gasteiger partial charge in [-0.25, -0.2) is 8.42 Å². The first-order valence-corrected chi connectivity index (χ1v) is 3.27. The second kappa shape index (κ2) is 14.4. The van der Waals surface area contributed by atoms with Gasteiger partial charge in [-0.2, -0.15) is 0 Å². The normalized spacial score (nSPS) is 7.29. The van der Waals surface area contributed by atoms with Crippen molar-refractivity contribution in [1.29, 1.82) is 0 Å². The van der Waals surface area contributed by atoms with E-state index in [0.717, 1.165) is 6.08 Å². The maximum Gasteiger partial charge on any atom is 0.208 e. The first kappa shape index (κ1) is 29.3. The summed E-state index contributed by atoms with van der Waals surface area (Å²) in [7, 11) is -4.97. The quantitative estimate of drug-likeness (QED) is 0.157. The zero-order valence-electron chi connectivity index (χ0n) is 8.05. The molecule has 0 radical (unpaired) electrons. The lowest BCUT2D eigenvalue weighted by molar-refractivity contribution is -0.637. The topological polar surface area (TPSA) is 239 Å². The van der Waals surface area contributed by atoms with E-state index in [1.54, 1.807) is 0 Å². The van der Waals surface area contributed by atoms with Crippen LogP contribution in [0.1, 0.15) is 0 Å². The van der Waals surface area contributed by atoms with Crippen LogP contribution in [0.3, 0.4) is 0 Å². The second-order valence-corrected chi connectivity index (χ2v) is 1.95. The smallest absolute Gasteiger partial charge is 0.208 e. The molecule has 12 N–H and O–H groups in total. The molecule has 11 heteroatoms. The SMILES string of the molecule is C=CC(=O)[O-].O=S(=O)([O-])O[O-].[NH4+].[NH4+].[NH4+]. The van der Waals surface area contributed by atoms with E-state index in [2.05, 4.69) is 10.9 Å². The summed E-state index contributed by atoms with van der Waals surface area (Å²) in [5.41, 5.74) is 0. The van der Waals surface area contributed by atoms with Crippen molar-refractivity contribution in [3.8, 4) is 0 Å². The maximum absolute atomic E-state index is 9.14. The molecule has 14 heavy (non-hydrogen) atoms. The third-order valence-corrected chi connectivity index (χ3v) is 0.417. The van der Waals surface area contributed by atoms with Crippen LogP contribution in [0.25, 0.3) is 0 Å². The van der Waals surface area contributed by atoms with E-state index in [1.807, 2.05) is 0 Å². The van der Waals surface area contributed by atoms with Gasteiger partial charge in [0, 0.05) is 0 Å². The average Bonchev–Trinajstić information content (AvgIpc) is 1.88. The monoisotopic (exact) mass is 237 g/mol. The molecule has 0 spiro atoms. The Kier molecular flexibility index (Phi) is 30.2. The predicted octanol–water partition coefficient (Wildman–Crippen LogP) is -2.21. The highest BCUT2D eigenvalue weighted by Gasteiger charge is 1.73. The Morgan fingerprint density at radius 3 is 1.43 bits per heavy atom. The van der Waals surface area contributed by atoms with Gasteiger partial charge >= 0.3 is 0 Å². The lowest BCUT2D eigenvalue weighted by atomic mass is 10.7. The largest absolute Gasteiger partial charge is 0.726 e. The van der Waals surface area contributed by atoms with E-state index in [4.69, 9.17) is 28.1 Å². The maximum atomic E-state index is 9.14. The summed E-state index contributed by atoms with van der Waals surface area (Å²) < 4.78 is 28.8. The van der Waals surface area contributed by atoms with E-state index in [9.17, 15) is 0 Å². The number of aliphatic carboxylic acids is 1. The Labute approximate surface area is 80.8 Å². The fourth-order valence-corrected chi connectivity index (χ4v) is 0. The van der Waals surface area contributed by atoms with Crippen molar-refractivity contribution in [2.24, 2.45) is 0 Å². The minimum atomic E-state index is -4.97. The summed E-state index contributed by atoms with van der Waals surface area (Å²) in [4.78, 5) is 9.14. The van der Waals surface area contributed by atoms with E-state index >= 15 is 0 Å². The average molecular weight is 237 g/mol. The van der Waals surface area contributed by atoms with Gasteiger partial charge in [-0.1, -0.05) is 6.58 Å². The first-order chi connectivity index (χ1) is 4.83. The van der Waals surface area contributed by atoms with Crippen molar-refractivity contribution in [3.05, 3.63) is 12.7 Å². The van der Waals surface area contributed by atoms with Crippen molar-refractivity contribution in [3.63, 3.8) is 0 Å². The molecule has 0 rings (SSSR count). The van der Waals surface area contributed by atoms with Crippen molar-refractivity contribution in [2.45, 2.75) is 0 Å². The van der Waals surface area contributed by atoms with Crippen LogP contribution in [0.2, 0.25) is 0 Å². The first-order valence-electron chi connectivity index (χ1n) is 1.94. The molecule has 10 nitrogen and oxygen atoms in total. The zero-order chi connectivity index (χ0) is 9.49. The highest BCUT2D eigenvalue weighted by atomic mass is 32.3. The van der Waals surface area contributed by atoms with E-state index in [1.165, 1.54) is 0 Å². The molecule has 0 aliphatic heterocycles. The zero-order valence-corrected chi connectivity index (χ0v) is 8.87. The number of rotatable bonds is 2. The van der Waals surface area contributed by atoms with Gasteiger partial charge in [0.05, 0.1) is 5.97 Å². The molecule has 0 bridgehead atoms. The van der Waals surface area contributed by atoms with Gasteiger partial charge in [0.2, 0.25) is 10.4 Å². The van der Waals surface area contributed by atoms with Crippen LogP contribution in [-0.2, 0) is 19.5 Å². The molecule has 0 saturated carbocycles. The van der Waals surface area contributed by atoms with E-state index in [-0.39, 0.29) is 18.5 Å². The van der Waals surface area contributed by atoms with Crippen molar-refractivity contribution in [1.82, 2.24) is 18.5 Å². The van der Waals surface area contributed by atoms with Gasteiger partial charge in [0.15, 0.2) is 0 Å². The molecule has 0 fully saturated rings. The number of hydrogen-bond donors (Lipinski definition) is 3. The third-order valence-electron chi connectivity index (χ3n) is 0.250. The predicted molar refractivity (Wildman–Crippen MR) is 43.9 cm³/mol. The molecule has 0 saturated heterocycles. The highest BCUT2D eigenvalue weighted by molar-refractivity contribution is 7.80. The standard InChI is InChI=1S/C3H4O2.3H3N.H2O5S/c1-2-3(4)5;;;;1-5-6(2,3)4/h2H,1H2,(H,4,5);3*1H3;1H,(H,2,3,4). The Bertz CT molecular complexity index is 224. The van der Waals surface area contributed by atoms with Crippen LogP contribution in [0.5, 0.6) is 0 Å². The summed E-state index contributed by atoms with van der Waals surface area (Å²) in [5, 5.41) is 17.7. The molecule has 0 aliphatic carbocycles. The molecule has 0 aromatic rings. The molecule has 0 amide bonds. The summed E-state index contributed by atoms with van der Waals surface area (Å²) in [5.74, 6) is -1.23. The number of hydrogen-bond acceptors (Lipinski definition) is 7. The third kappa shape index (κ3) is 69.9. The van der Waals surface area contributed by atoms with Crippen LogP contribution >= 0.6 is 0 Å². The Morgan fingerprint density at radius 2 is 1.43 bits per heavy atom. The second-order valence-electron chi connectivity index (χ2n) is 0.999. The molecule has 0 aromatic heterocycles. The number of carboxylic acid groups (broad SMARTS) is 1. The minimum absolute atomic E-state index is 0. The number of quaternary nitrogens is 3. The van der Waals surface area contributed by atoms with E-state index in [0.29, 0.717) is 0 Å². The summed E-state index contributed by atoms with van der Waals surface area (Å²) in [6, 6.07) is 0. The number of carboxylic acids is 1. The summed E-state index contributed by atoms with van der Waals surface area (Å²) in [6.07, 6.45) is 0.722. The molecular weight excluding hydrogens is 222 g/mol. The van der Waals surface area contributed by atoms with Crippen LogP contribution in [0.4, 0.5) is 0 Å². The summed E-state index contributed by atoms with van der Waals surface area (Å²) in [6.45, 7) is 2.90. The lowest BCUT2D eigenvalue weighted by Gasteiger charge is -2.07. The molecular formula is C3H15N3O7S. The van der Waals surface area contributed by atoms with Gasteiger partial charge in [0.1, 0.15) is 0 Å². The van der Waals surface area contributed by atoms with Gasteiger partial charge in [0.25, 0.3) is 0 Å². The molecule has 0 unspecified atom stereocenters. The molecule has 0 atom stereocenters. The van der Waals surface area contributed by atoms with Crippen LogP contribution in [-0.4, -0.2) is 18.9 Å². The molecule has 0 aromatic carbocycles. The van der Waals surface area contributed by atoms with Gasteiger partial charge in [-0.05, 0) is 6.08 Å². The minimum Gasteiger partial charge on any atom is -0.726 e. The molecule has 90 valence electrons. The fraction of sp³-hybridized carbons (Fsp3) is 0. The lowest BCUT2D eigenvalue weighted by Crippen LogP contribution is -2.17. The van der Waals surface area contributed by atoms with Crippen LogP contribution in [0, 0.1) is 0 Å². The fourth-order valence-electron chi connectivity index (χ4n) is 0. The number of carbonyl (C=O) groups is 1. The van der Waals surface area contributed by atoms with E-state index < -0.39 is 16.4 Å². The number of carbonyl (C=O) groups excluding carboxylic acids is 1. The Morgan fingerprint density at radius 1 is 1.29 bits per heavy atom.